The number of oxime groups is 1. The van der Waals surface area contributed by atoms with Crippen molar-refractivity contribution in [2.45, 2.75) is 32.2 Å². The van der Waals surface area contributed by atoms with E-state index in [0.29, 0.717) is 11.6 Å². The largest absolute Gasteiger partial charge is 0.409 e. The van der Waals surface area contributed by atoms with E-state index in [9.17, 15) is 0 Å². The zero-order chi connectivity index (χ0) is 12.3. The lowest BCUT2D eigenvalue weighted by Gasteiger charge is -2.22. The molecule has 1 aromatic heterocycles. The average molecular weight is 234 g/mol. The van der Waals surface area contributed by atoms with Crippen LogP contribution in [-0.2, 0) is 0 Å². The van der Waals surface area contributed by atoms with E-state index in [2.05, 4.69) is 22.0 Å². The van der Waals surface area contributed by atoms with E-state index in [1.807, 2.05) is 12.1 Å². The molecule has 92 valence electrons. The Hall–Kier alpha value is -1.78. The van der Waals surface area contributed by atoms with Gasteiger partial charge in [0, 0.05) is 24.3 Å². The smallest absolute Gasteiger partial charge is 0.171 e. The van der Waals surface area contributed by atoms with Crippen molar-refractivity contribution in [3.8, 4) is 0 Å². The highest BCUT2D eigenvalue weighted by atomic mass is 16.4. The van der Waals surface area contributed by atoms with Gasteiger partial charge in [0.1, 0.15) is 5.82 Å². The molecule has 0 atom stereocenters. The Kier molecular flexibility index (Phi) is 3.46. The minimum Gasteiger partial charge on any atom is -0.409 e. The molecule has 17 heavy (non-hydrogen) atoms. The van der Waals surface area contributed by atoms with Crippen LogP contribution in [0.2, 0.25) is 0 Å². The van der Waals surface area contributed by atoms with Crippen LogP contribution >= 0.6 is 0 Å². The van der Waals surface area contributed by atoms with Crippen LogP contribution in [0.15, 0.2) is 23.5 Å². The van der Waals surface area contributed by atoms with Gasteiger partial charge in [0.15, 0.2) is 5.84 Å². The van der Waals surface area contributed by atoms with Gasteiger partial charge in [0.25, 0.3) is 0 Å². The fourth-order valence-corrected chi connectivity index (χ4v) is 1.88. The summed E-state index contributed by atoms with van der Waals surface area (Å²) in [4.78, 5) is 6.71. The summed E-state index contributed by atoms with van der Waals surface area (Å²) >= 11 is 0. The summed E-state index contributed by atoms with van der Waals surface area (Å²) in [6.45, 7) is 3.20. The Morgan fingerprint density at radius 1 is 1.59 bits per heavy atom. The van der Waals surface area contributed by atoms with Crippen molar-refractivity contribution in [2.75, 3.05) is 11.4 Å². The summed E-state index contributed by atoms with van der Waals surface area (Å²) in [6.07, 6.45) is 5.27. The van der Waals surface area contributed by atoms with E-state index >= 15 is 0 Å². The Morgan fingerprint density at radius 2 is 2.35 bits per heavy atom. The van der Waals surface area contributed by atoms with Crippen LogP contribution in [0.25, 0.3) is 0 Å². The summed E-state index contributed by atoms with van der Waals surface area (Å²) in [5, 5.41) is 11.5. The maximum absolute atomic E-state index is 8.57. The van der Waals surface area contributed by atoms with E-state index < -0.39 is 0 Å². The minimum atomic E-state index is 0.0949. The Balaban J connectivity index is 2.15. The third-order valence-corrected chi connectivity index (χ3v) is 2.90. The first-order chi connectivity index (χ1) is 8.26. The minimum absolute atomic E-state index is 0.0949. The normalized spacial score (nSPS) is 15.9. The Morgan fingerprint density at radius 3 is 2.82 bits per heavy atom. The second kappa shape index (κ2) is 5.03. The van der Waals surface area contributed by atoms with Crippen LogP contribution in [0.4, 0.5) is 5.82 Å². The standard InChI is InChI=1S/C12H18N4O/c1-2-7-16(10-4-5-10)11-6-3-9(8-14-11)12(13)15-17/h3,6,8,10,17H,2,4-5,7H2,1H3,(H2,13,15). The maximum atomic E-state index is 8.57. The number of aromatic nitrogens is 1. The van der Waals surface area contributed by atoms with Gasteiger partial charge in [-0.15, -0.1) is 0 Å². The molecule has 0 spiro atoms. The molecule has 1 aliphatic carbocycles. The topological polar surface area (TPSA) is 74.7 Å². The molecule has 0 unspecified atom stereocenters. The molecule has 0 amide bonds. The maximum Gasteiger partial charge on any atom is 0.171 e. The number of anilines is 1. The van der Waals surface area contributed by atoms with Crippen molar-refractivity contribution in [1.82, 2.24) is 4.98 Å². The number of nitrogens with two attached hydrogens (primary N) is 1. The fourth-order valence-electron chi connectivity index (χ4n) is 1.88. The predicted octanol–water partition coefficient (Wildman–Crippen LogP) is 1.55. The summed E-state index contributed by atoms with van der Waals surface area (Å²) < 4.78 is 0. The zero-order valence-electron chi connectivity index (χ0n) is 10.0. The first-order valence-electron chi connectivity index (χ1n) is 5.97. The summed E-state index contributed by atoms with van der Waals surface area (Å²) in [5.74, 6) is 1.07. The summed E-state index contributed by atoms with van der Waals surface area (Å²) in [6, 6.07) is 4.42. The molecule has 3 N–H and O–H groups in total. The van der Waals surface area contributed by atoms with Crippen molar-refractivity contribution in [3.05, 3.63) is 23.9 Å². The monoisotopic (exact) mass is 234 g/mol. The number of amidine groups is 1. The molecular weight excluding hydrogens is 216 g/mol. The Labute approximate surface area is 101 Å². The second-order valence-corrected chi connectivity index (χ2v) is 4.31. The van der Waals surface area contributed by atoms with E-state index in [1.54, 1.807) is 6.20 Å². The third kappa shape index (κ3) is 2.67. The van der Waals surface area contributed by atoms with Crippen LogP contribution in [-0.4, -0.2) is 28.6 Å². The molecule has 1 aromatic rings. The molecular formula is C12H18N4O. The van der Waals surface area contributed by atoms with Gasteiger partial charge in [-0.2, -0.15) is 0 Å². The first kappa shape index (κ1) is 11.7. The van der Waals surface area contributed by atoms with E-state index in [0.717, 1.165) is 18.8 Å². The SMILES string of the molecule is CCCN(c1ccc(/C(N)=N/O)cn1)C1CC1. The van der Waals surface area contributed by atoms with E-state index in [1.165, 1.54) is 12.8 Å². The Bertz CT molecular complexity index is 397. The molecule has 1 aliphatic rings. The lowest BCUT2D eigenvalue weighted by atomic mass is 10.2. The molecule has 1 heterocycles. The van der Waals surface area contributed by atoms with Gasteiger partial charge in [0.2, 0.25) is 0 Å². The van der Waals surface area contributed by atoms with Gasteiger partial charge in [-0.05, 0) is 31.4 Å². The number of rotatable bonds is 5. The van der Waals surface area contributed by atoms with Crippen LogP contribution in [0.3, 0.4) is 0 Å². The molecule has 1 saturated carbocycles. The van der Waals surface area contributed by atoms with Gasteiger partial charge < -0.3 is 15.8 Å². The highest BCUT2D eigenvalue weighted by Crippen LogP contribution is 2.30. The number of pyridine rings is 1. The van der Waals surface area contributed by atoms with Crippen molar-refractivity contribution >= 4 is 11.7 Å². The van der Waals surface area contributed by atoms with Crippen molar-refractivity contribution in [1.29, 1.82) is 0 Å². The number of hydrogen-bond acceptors (Lipinski definition) is 4. The van der Waals surface area contributed by atoms with Gasteiger partial charge >= 0.3 is 0 Å². The first-order valence-corrected chi connectivity index (χ1v) is 5.97. The number of nitrogens with zero attached hydrogens (tertiary/aromatic N) is 3. The summed E-state index contributed by atoms with van der Waals surface area (Å²) in [5.41, 5.74) is 6.14. The van der Waals surface area contributed by atoms with E-state index in [4.69, 9.17) is 10.9 Å². The van der Waals surface area contributed by atoms with Gasteiger partial charge in [0.05, 0.1) is 0 Å². The second-order valence-electron chi connectivity index (χ2n) is 4.31. The molecule has 2 rings (SSSR count). The molecule has 0 aliphatic heterocycles. The molecule has 0 bridgehead atoms. The molecule has 1 fully saturated rings. The average Bonchev–Trinajstić information content (AvgIpc) is 3.19. The lowest BCUT2D eigenvalue weighted by Crippen LogP contribution is -2.27. The third-order valence-electron chi connectivity index (χ3n) is 2.90. The van der Waals surface area contributed by atoms with Crippen LogP contribution < -0.4 is 10.6 Å². The predicted molar refractivity (Wildman–Crippen MR) is 67.4 cm³/mol. The van der Waals surface area contributed by atoms with Crippen molar-refractivity contribution < 1.29 is 5.21 Å². The van der Waals surface area contributed by atoms with Crippen molar-refractivity contribution in [3.63, 3.8) is 0 Å². The zero-order valence-corrected chi connectivity index (χ0v) is 10.0. The van der Waals surface area contributed by atoms with Crippen LogP contribution in [0.5, 0.6) is 0 Å². The molecule has 0 aromatic carbocycles. The highest BCUT2D eigenvalue weighted by Gasteiger charge is 2.29. The highest BCUT2D eigenvalue weighted by molar-refractivity contribution is 5.96. The molecule has 5 heteroatoms. The van der Waals surface area contributed by atoms with Crippen LogP contribution in [0.1, 0.15) is 31.7 Å². The van der Waals surface area contributed by atoms with Crippen LogP contribution in [0, 0.1) is 0 Å². The molecule has 0 saturated heterocycles. The fraction of sp³-hybridized carbons (Fsp3) is 0.500. The quantitative estimate of drug-likeness (QED) is 0.351. The molecule has 0 radical (unpaired) electrons. The summed E-state index contributed by atoms with van der Waals surface area (Å²) in [7, 11) is 0. The number of hydrogen-bond donors (Lipinski definition) is 2. The van der Waals surface area contributed by atoms with Crippen molar-refractivity contribution in [2.24, 2.45) is 10.9 Å². The van der Waals surface area contributed by atoms with Gasteiger partial charge in [-0.3, -0.25) is 0 Å². The molecule has 5 nitrogen and oxygen atoms in total. The lowest BCUT2D eigenvalue weighted by molar-refractivity contribution is 0.318. The van der Waals surface area contributed by atoms with E-state index in [-0.39, 0.29) is 5.84 Å². The van der Waals surface area contributed by atoms with Gasteiger partial charge in [-0.25, -0.2) is 4.98 Å². The van der Waals surface area contributed by atoms with Gasteiger partial charge in [-0.1, -0.05) is 12.1 Å².